The summed E-state index contributed by atoms with van der Waals surface area (Å²) < 4.78 is 0. The Morgan fingerprint density at radius 2 is 2.09 bits per heavy atom. The molecule has 0 aliphatic rings. The van der Waals surface area contributed by atoms with E-state index in [1.165, 1.54) is 18.3 Å². The lowest BCUT2D eigenvalue weighted by Crippen LogP contribution is -2.39. The molecular formula is C17H19N3O2S. The van der Waals surface area contributed by atoms with E-state index < -0.39 is 6.04 Å². The number of nitrogens with one attached hydrogen (secondary N) is 1. The van der Waals surface area contributed by atoms with Crippen molar-refractivity contribution in [3.8, 4) is 10.6 Å². The third-order valence-corrected chi connectivity index (χ3v) is 4.36. The first-order chi connectivity index (χ1) is 11.1. The fraction of sp³-hybridized carbons (Fsp3) is 0.294. The van der Waals surface area contributed by atoms with Crippen LogP contribution in [0.1, 0.15) is 36.4 Å². The molecule has 0 bridgehead atoms. The van der Waals surface area contributed by atoms with Crippen molar-refractivity contribution in [2.75, 3.05) is 0 Å². The van der Waals surface area contributed by atoms with Gasteiger partial charge in [-0.3, -0.25) is 14.6 Å². The second-order valence-corrected chi connectivity index (χ2v) is 6.08. The molecule has 0 aliphatic heterocycles. The molecule has 5 nitrogen and oxygen atoms in total. The van der Waals surface area contributed by atoms with Crippen molar-refractivity contribution in [3.63, 3.8) is 0 Å². The van der Waals surface area contributed by atoms with Crippen LogP contribution >= 0.6 is 11.3 Å². The number of allylic oxidation sites excluding steroid dienone is 2. The van der Waals surface area contributed by atoms with E-state index in [0.29, 0.717) is 11.3 Å². The zero-order valence-electron chi connectivity index (χ0n) is 13.2. The second-order valence-electron chi connectivity index (χ2n) is 5.05. The number of carbonyl (C=O) groups is 2. The van der Waals surface area contributed by atoms with Crippen LogP contribution in [0.4, 0.5) is 0 Å². The first kappa shape index (κ1) is 17.0. The smallest absolute Gasteiger partial charge is 0.263 e. The average Bonchev–Trinajstić information content (AvgIpc) is 3.05. The van der Waals surface area contributed by atoms with Gasteiger partial charge in [0.2, 0.25) is 0 Å². The number of hydrogen-bond acceptors (Lipinski definition) is 5. The van der Waals surface area contributed by atoms with E-state index >= 15 is 0 Å². The molecule has 6 heteroatoms. The van der Waals surface area contributed by atoms with Gasteiger partial charge < -0.3 is 5.32 Å². The molecule has 0 saturated heterocycles. The van der Waals surface area contributed by atoms with Crippen molar-refractivity contribution in [2.45, 2.75) is 32.7 Å². The van der Waals surface area contributed by atoms with E-state index in [9.17, 15) is 9.59 Å². The molecule has 2 aromatic rings. The molecule has 0 saturated carbocycles. The van der Waals surface area contributed by atoms with Gasteiger partial charge in [0.1, 0.15) is 9.88 Å². The Bertz CT molecular complexity index is 695. The molecular weight excluding hydrogens is 310 g/mol. The van der Waals surface area contributed by atoms with Gasteiger partial charge in [0, 0.05) is 18.0 Å². The summed E-state index contributed by atoms with van der Waals surface area (Å²) in [7, 11) is 0. The molecule has 0 fully saturated rings. The summed E-state index contributed by atoms with van der Waals surface area (Å²) in [5, 5.41) is 3.55. The van der Waals surface area contributed by atoms with E-state index in [2.05, 4.69) is 15.3 Å². The molecule has 0 unspecified atom stereocenters. The maximum atomic E-state index is 12.3. The van der Waals surface area contributed by atoms with Crippen LogP contribution in [-0.4, -0.2) is 27.7 Å². The standard InChI is InChI=1S/C17H19N3O2S/c1-3-4-5-6-14(12(2)21)20-16(22)15-11-19-17(23-15)13-7-9-18-10-8-13/h3-4,7-11,14H,5-6H2,1-2H3,(H,20,22)/b4-3-/t14-/m0/s1. The molecule has 2 rings (SSSR count). The number of rotatable bonds is 7. The van der Waals surface area contributed by atoms with Crippen LogP contribution < -0.4 is 5.32 Å². The highest BCUT2D eigenvalue weighted by atomic mass is 32.1. The number of aromatic nitrogens is 2. The summed E-state index contributed by atoms with van der Waals surface area (Å²) in [5.41, 5.74) is 0.917. The molecule has 2 aromatic heterocycles. The van der Waals surface area contributed by atoms with Gasteiger partial charge in [0.25, 0.3) is 5.91 Å². The van der Waals surface area contributed by atoms with Gasteiger partial charge in [-0.2, -0.15) is 0 Å². The van der Waals surface area contributed by atoms with Crippen LogP contribution in [0.3, 0.4) is 0 Å². The molecule has 0 spiro atoms. The minimum Gasteiger partial charge on any atom is -0.341 e. The summed E-state index contributed by atoms with van der Waals surface area (Å²) >= 11 is 1.30. The maximum Gasteiger partial charge on any atom is 0.263 e. The SMILES string of the molecule is C/C=C\CC[C@H](NC(=O)c1cnc(-c2ccncc2)s1)C(C)=O. The van der Waals surface area contributed by atoms with Crippen LogP contribution in [0, 0.1) is 0 Å². The van der Waals surface area contributed by atoms with Crippen LogP contribution in [0.2, 0.25) is 0 Å². The lowest BCUT2D eigenvalue weighted by Gasteiger charge is -2.14. The minimum atomic E-state index is -0.467. The van der Waals surface area contributed by atoms with Gasteiger partial charge in [-0.05, 0) is 38.8 Å². The summed E-state index contributed by atoms with van der Waals surface area (Å²) in [6.07, 6.45) is 10.2. The van der Waals surface area contributed by atoms with Crippen molar-refractivity contribution < 1.29 is 9.59 Å². The average molecular weight is 329 g/mol. The summed E-state index contributed by atoms with van der Waals surface area (Å²) in [6.45, 7) is 3.43. The number of hydrogen-bond donors (Lipinski definition) is 1. The largest absolute Gasteiger partial charge is 0.341 e. The van der Waals surface area contributed by atoms with E-state index in [1.54, 1.807) is 18.6 Å². The maximum absolute atomic E-state index is 12.3. The van der Waals surface area contributed by atoms with Crippen molar-refractivity contribution in [1.29, 1.82) is 0 Å². The van der Waals surface area contributed by atoms with E-state index in [4.69, 9.17) is 0 Å². The van der Waals surface area contributed by atoms with Crippen molar-refractivity contribution in [2.24, 2.45) is 0 Å². The molecule has 2 heterocycles. The van der Waals surface area contributed by atoms with Crippen LogP contribution in [0.15, 0.2) is 42.9 Å². The monoisotopic (exact) mass is 329 g/mol. The highest BCUT2D eigenvalue weighted by Gasteiger charge is 2.19. The van der Waals surface area contributed by atoms with E-state index in [1.807, 2.05) is 31.2 Å². The third kappa shape index (κ3) is 4.82. The first-order valence-corrected chi connectivity index (χ1v) is 8.22. The minimum absolute atomic E-state index is 0.0401. The summed E-state index contributed by atoms with van der Waals surface area (Å²) in [5.74, 6) is -0.301. The Balaban J connectivity index is 2.05. The van der Waals surface area contributed by atoms with Gasteiger partial charge in [0.05, 0.1) is 12.2 Å². The van der Waals surface area contributed by atoms with Crippen molar-refractivity contribution in [3.05, 3.63) is 47.8 Å². The molecule has 0 aromatic carbocycles. The summed E-state index contributed by atoms with van der Waals surface area (Å²) in [4.78, 5) is 32.7. The molecule has 0 radical (unpaired) electrons. The second kappa shape index (κ2) is 8.33. The molecule has 120 valence electrons. The first-order valence-electron chi connectivity index (χ1n) is 7.40. The van der Waals surface area contributed by atoms with Crippen LogP contribution in [0.25, 0.3) is 10.6 Å². The van der Waals surface area contributed by atoms with Crippen molar-refractivity contribution >= 4 is 23.0 Å². The zero-order valence-corrected chi connectivity index (χ0v) is 14.0. The van der Waals surface area contributed by atoms with Crippen LogP contribution in [-0.2, 0) is 4.79 Å². The Labute approximate surface area is 139 Å². The fourth-order valence-corrected chi connectivity index (χ4v) is 2.87. The molecule has 1 amide bonds. The van der Waals surface area contributed by atoms with Gasteiger partial charge in [-0.25, -0.2) is 4.98 Å². The number of thiazole rings is 1. The predicted octanol–water partition coefficient (Wildman–Crippen LogP) is 3.25. The molecule has 23 heavy (non-hydrogen) atoms. The number of carbonyl (C=O) groups excluding carboxylic acids is 2. The quantitative estimate of drug-likeness (QED) is 0.792. The van der Waals surface area contributed by atoms with Gasteiger partial charge >= 0.3 is 0 Å². The van der Waals surface area contributed by atoms with Crippen LogP contribution in [0.5, 0.6) is 0 Å². The summed E-state index contributed by atoms with van der Waals surface area (Å²) in [6, 6.07) is 3.22. The Morgan fingerprint density at radius 1 is 1.35 bits per heavy atom. The van der Waals surface area contributed by atoms with Gasteiger partial charge in [-0.1, -0.05) is 12.2 Å². The van der Waals surface area contributed by atoms with Gasteiger partial charge in [-0.15, -0.1) is 11.3 Å². The fourth-order valence-electron chi connectivity index (χ4n) is 2.04. The van der Waals surface area contributed by atoms with E-state index in [0.717, 1.165) is 17.0 Å². The number of Topliss-reactive ketones (excluding diaryl/α,β-unsaturated/α-hetero) is 1. The zero-order chi connectivity index (χ0) is 16.7. The Hall–Kier alpha value is -2.34. The molecule has 1 atom stereocenters. The lowest BCUT2D eigenvalue weighted by molar-refractivity contribution is -0.118. The van der Waals surface area contributed by atoms with Crippen molar-refractivity contribution in [1.82, 2.24) is 15.3 Å². The number of ketones is 1. The highest BCUT2D eigenvalue weighted by molar-refractivity contribution is 7.16. The highest BCUT2D eigenvalue weighted by Crippen LogP contribution is 2.24. The molecule has 0 aliphatic carbocycles. The topological polar surface area (TPSA) is 72.0 Å². The Morgan fingerprint density at radius 3 is 2.74 bits per heavy atom. The third-order valence-electron chi connectivity index (χ3n) is 3.31. The lowest BCUT2D eigenvalue weighted by atomic mass is 10.1. The number of amides is 1. The predicted molar refractivity (Wildman–Crippen MR) is 91.3 cm³/mol. The number of pyridine rings is 1. The van der Waals surface area contributed by atoms with Gasteiger partial charge in [0.15, 0.2) is 5.78 Å². The normalized spacial score (nSPS) is 12.3. The Kier molecular flexibility index (Phi) is 6.17. The molecule has 1 N–H and O–H groups in total. The van der Waals surface area contributed by atoms with E-state index in [-0.39, 0.29) is 11.7 Å². The number of nitrogens with zero attached hydrogens (tertiary/aromatic N) is 2.